The summed E-state index contributed by atoms with van der Waals surface area (Å²) in [6.07, 6.45) is 1.80. The maximum absolute atomic E-state index is 11.3. The molecule has 0 spiro atoms. The van der Waals surface area contributed by atoms with Crippen LogP contribution in [0, 0.1) is 24.0 Å². The van der Waals surface area contributed by atoms with Crippen molar-refractivity contribution in [1.29, 1.82) is 0 Å². The highest BCUT2D eigenvalue weighted by atomic mass is 16.6. The Labute approximate surface area is 150 Å². The molecule has 1 saturated heterocycles. The number of benzene rings is 1. The molecule has 1 aliphatic heterocycles. The summed E-state index contributed by atoms with van der Waals surface area (Å²) < 4.78 is 5.31. The molecule has 1 fully saturated rings. The molecule has 0 aliphatic carbocycles. The normalized spacial score (nSPS) is 15.5. The summed E-state index contributed by atoms with van der Waals surface area (Å²) in [5.41, 5.74) is 2.26. The van der Waals surface area contributed by atoms with E-state index in [0.717, 1.165) is 42.7 Å². The molecule has 0 radical (unpaired) electrons. The van der Waals surface area contributed by atoms with Crippen molar-refractivity contribution >= 4 is 22.3 Å². The maximum Gasteiger partial charge on any atom is 0.295 e. The van der Waals surface area contributed by atoms with E-state index < -0.39 is 0 Å². The van der Waals surface area contributed by atoms with E-state index in [9.17, 15) is 10.1 Å². The molecule has 26 heavy (non-hydrogen) atoms. The largest absolute Gasteiger partial charge is 0.371 e. The minimum Gasteiger partial charge on any atom is -0.371 e. The minimum atomic E-state index is -0.372. The van der Waals surface area contributed by atoms with Crippen molar-refractivity contribution in [1.82, 2.24) is 15.1 Å². The number of nitro groups is 1. The second-order valence-electron chi connectivity index (χ2n) is 6.65. The van der Waals surface area contributed by atoms with Crippen molar-refractivity contribution in [2.45, 2.75) is 32.6 Å². The first-order chi connectivity index (χ1) is 12.5. The molecule has 2 aromatic heterocycles. The number of fused-ring (bicyclic) bond motifs is 1. The van der Waals surface area contributed by atoms with E-state index in [1.807, 2.05) is 26.0 Å². The van der Waals surface area contributed by atoms with Crippen LogP contribution < -0.4 is 4.90 Å². The molecule has 1 aliphatic rings. The van der Waals surface area contributed by atoms with E-state index in [0.29, 0.717) is 17.2 Å². The van der Waals surface area contributed by atoms with Crippen LogP contribution in [0.4, 0.5) is 11.4 Å². The number of para-hydroxylation sites is 1. The fourth-order valence-corrected chi connectivity index (χ4v) is 3.60. The summed E-state index contributed by atoms with van der Waals surface area (Å²) in [5, 5.41) is 16.0. The van der Waals surface area contributed by atoms with Crippen LogP contribution >= 0.6 is 0 Å². The van der Waals surface area contributed by atoms with Gasteiger partial charge in [-0.3, -0.25) is 10.1 Å². The van der Waals surface area contributed by atoms with E-state index in [1.165, 1.54) is 6.07 Å². The first kappa shape index (κ1) is 16.4. The lowest BCUT2D eigenvalue weighted by atomic mass is 9.96. The molecule has 0 amide bonds. The lowest BCUT2D eigenvalue weighted by Crippen LogP contribution is -2.33. The molecule has 134 valence electrons. The van der Waals surface area contributed by atoms with Crippen LogP contribution in [0.1, 0.15) is 36.2 Å². The number of aryl methyl sites for hydroxylation is 2. The summed E-state index contributed by atoms with van der Waals surface area (Å²) in [6, 6.07) is 7.12. The number of hydrogen-bond acceptors (Lipinski definition) is 7. The smallest absolute Gasteiger partial charge is 0.295 e. The van der Waals surface area contributed by atoms with Gasteiger partial charge in [0.25, 0.3) is 5.69 Å². The summed E-state index contributed by atoms with van der Waals surface area (Å²) in [5.74, 6) is 1.62. The van der Waals surface area contributed by atoms with Crippen molar-refractivity contribution < 1.29 is 9.45 Å². The third-order valence-electron chi connectivity index (χ3n) is 4.85. The zero-order valence-electron chi connectivity index (χ0n) is 14.7. The van der Waals surface area contributed by atoms with E-state index in [2.05, 4.69) is 20.0 Å². The number of piperidine rings is 1. The molecule has 3 aromatic rings. The summed E-state index contributed by atoms with van der Waals surface area (Å²) in [6.45, 7) is 5.34. The molecule has 0 saturated carbocycles. The van der Waals surface area contributed by atoms with Gasteiger partial charge in [0.2, 0.25) is 5.89 Å². The van der Waals surface area contributed by atoms with Crippen molar-refractivity contribution in [2.75, 3.05) is 18.0 Å². The van der Waals surface area contributed by atoms with Gasteiger partial charge in [-0.05, 0) is 32.8 Å². The first-order valence-corrected chi connectivity index (χ1v) is 8.63. The third kappa shape index (κ3) is 2.87. The second-order valence-corrected chi connectivity index (χ2v) is 6.65. The molecule has 4 rings (SSSR count). The quantitative estimate of drug-likeness (QED) is 0.524. The standard InChI is InChI=1S/C18H19N5O3/c1-11-10-16(14-4-3-5-15(23(24)25)17(14)19-11)22-8-6-13(7-9-22)18-20-12(2)21-26-18/h3-5,10,13H,6-9H2,1-2H3. The van der Waals surface area contributed by atoms with Crippen LogP contribution in [0.3, 0.4) is 0 Å². The lowest BCUT2D eigenvalue weighted by molar-refractivity contribution is -0.383. The highest BCUT2D eigenvalue weighted by molar-refractivity contribution is 5.97. The molecule has 8 heteroatoms. The Balaban J connectivity index is 1.65. The maximum atomic E-state index is 11.3. The third-order valence-corrected chi connectivity index (χ3v) is 4.85. The van der Waals surface area contributed by atoms with Gasteiger partial charge in [-0.15, -0.1) is 0 Å². The van der Waals surface area contributed by atoms with Crippen molar-refractivity contribution in [2.24, 2.45) is 0 Å². The summed E-state index contributed by atoms with van der Waals surface area (Å²) >= 11 is 0. The molecule has 0 atom stereocenters. The number of aromatic nitrogens is 3. The van der Waals surface area contributed by atoms with E-state index in [4.69, 9.17) is 4.52 Å². The molecule has 0 bridgehead atoms. The van der Waals surface area contributed by atoms with Gasteiger partial charge < -0.3 is 9.42 Å². The van der Waals surface area contributed by atoms with Gasteiger partial charge in [-0.25, -0.2) is 4.98 Å². The summed E-state index contributed by atoms with van der Waals surface area (Å²) in [4.78, 5) is 22.0. The number of anilines is 1. The van der Waals surface area contributed by atoms with Gasteiger partial charge in [0.05, 0.1) is 4.92 Å². The molecule has 0 unspecified atom stereocenters. The predicted molar refractivity (Wildman–Crippen MR) is 96.4 cm³/mol. The van der Waals surface area contributed by atoms with Gasteiger partial charge in [0.1, 0.15) is 0 Å². The Kier molecular flexibility index (Phi) is 4.02. The van der Waals surface area contributed by atoms with E-state index >= 15 is 0 Å². The highest BCUT2D eigenvalue weighted by Crippen LogP contribution is 2.35. The minimum absolute atomic E-state index is 0.0451. The molecule has 0 N–H and O–H groups in total. The Morgan fingerprint density at radius 3 is 2.65 bits per heavy atom. The molecule has 8 nitrogen and oxygen atoms in total. The summed E-state index contributed by atoms with van der Waals surface area (Å²) in [7, 11) is 0. The van der Waals surface area contributed by atoms with Crippen molar-refractivity contribution in [3.05, 3.63) is 51.8 Å². The molecule has 3 heterocycles. The van der Waals surface area contributed by atoms with Gasteiger partial charge in [0.15, 0.2) is 11.3 Å². The van der Waals surface area contributed by atoms with Crippen LogP contribution in [0.15, 0.2) is 28.8 Å². The Morgan fingerprint density at radius 2 is 2.00 bits per heavy atom. The number of rotatable bonds is 3. The van der Waals surface area contributed by atoms with Gasteiger partial charge in [0, 0.05) is 41.8 Å². The van der Waals surface area contributed by atoms with Crippen LogP contribution in [0.25, 0.3) is 10.9 Å². The number of nitro benzene ring substituents is 1. The second kappa shape index (κ2) is 6.36. The topological polar surface area (TPSA) is 98.2 Å². The Morgan fingerprint density at radius 1 is 1.23 bits per heavy atom. The van der Waals surface area contributed by atoms with E-state index in [-0.39, 0.29) is 16.5 Å². The van der Waals surface area contributed by atoms with Crippen molar-refractivity contribution in [3.63, 3.8) is 0 Å². The number of nitrogens with zero attached hydrogens (tertiary/aromatic N) is 5. The fourth-order valence-electron chi connectivity index (χ4n) is 3.60. The number of hydrogen-bond donors (Lipinski definition) is 0. The number of non-ortho nitro benzene ring substituents is 1. The molecular weight excluding hydrogens is 334 g/mol. The predicted octanol–water partition coefficient (Wildman–Crippen LogP) is 3.53. The zero-order valence-corrected chi connectivity index (χ0v) is 14.7. The van der Waals surface area contributed by atoms with Gasteiger partial charge in [-0.2, -0.15) is 4.98 Å². The van der Waals surface area contributed by atoms with Crippen LogP contribution in [-0.2, 0) is 0 Å². The fraction of sp³-hybridized carbons (Fsp3) is 0.389. The average Bonchev–Trinajstić information content (AvgIpc) is 3.07. The van der Waals surface area contributed by atoms with Crippen LogP contribution in [0.2, 0.25) is 0 Å². The molecule has 1 aromatic carbocycles. The van der Waals surface area contributed by atoms with Crippen LogP contribution in [0.5, 0.6) is 0 Å². The average molecular weight is 353 g/mol. The first-order valence-electron chi connectivity index (χ1n) is 8.63. The zero-order chi connectivity index (χ0) is 18.3. The lowest BCUT2D eigenvalue weighted by Gasteiger charge is -2.33. The Hall–Kier alpha value is -3.03. The Bertz CT molecular complexity index is 976. The van der Waals surface area contributed by atoms with Gasteiger partial charge in [-0.1, -0.05) is 17.3 Å². The molecular formula is C18H19N5O3. The van der Waals surface area contributed by atoms with E-state index in [1.54, 1.807) is 6.07 Å². The van der Waals surface area contributed by atoms with Crippen LogP contribution in [-0.4, -0.2) is 33.1 Å². The SMILES string of the molecule is Cc1cc(N2CCC(c3nc(C)no3)CC2)c2cccc([N+](=O)[O-])c2n1. The monoisotopic (exact) mass is 353 g/mol. The number of pyridine rings is 1. The van der Waals surface area contributed by atoms with Crippen molar-refractivity contribution in [3.8, 4) is 0 Å². The highest BCUT2D eigenvalue weighted by Gasteiger charge is 2.27. The van der Waals surface area contributed by atoms with Gasteiger partial charge >= 0.3 is 0 Å².